The molecule has 0 radical (unpaired) electrons. The first-order valence-electron chi connectivity index (χ1n) is 7.67. The number of ether oxygens (including phenoxy) is 1. The molecular formula is C16H15N5O4. The van der Waals surface area contributed by atoms with Crippen molar-refractivity contribution in [3.8, 4) is 0 Å². The third-order valence-corrected chi connectivity index (χ3v) is 4.02. The summed E-state index contributed by atoms with van der Waals surface area (Å²) in [6.07, 6.45) is -0.133. The Labute approximate surface area is 141 Å². The quantitative estimate of drug-likeness (QED) is 0.627. The second-order valence-electron chi connectivity index (χ2n) is 5.65. The molecule has 0 saturated carbocycles. The summed E-state index contributed by atoms with van der Waals surface area (Å²) in [6.45, 7) is 0.0220. The number of benzene rings is 1. The lowest BCUT2D eigenvalue weighted by molar-refractivity contribution is -0.0162. The molecule has 1 aliphatic heterocycles. The molecule has 128 valence electrons. The minimum atomic E-state index is -1.09. The summed E-state index contributed by atoms with van der Waals surface area (Å²) in [5.41, 5.74) is 1.24. The zero-order valence-corrected chi connectivity index (χ0v) is 13.0. The molecule has 4 rings (SSSR count). The fourth-order valence-electron chi connectivity index (χ4n) is 2.73. The van der Waals surface area contributed by atoms with Crippen LogP contribution in [-0.2, 0) is 4.74 Å². The number of nitrogens with one attached hydrogen (secondary N) is 1. The van der Waals surface area contributed by atoms with Crippen molar-refractivity contribution in [1.82, 2.24) is 19.5 Å². The number of carbonyl (C=O) groups excluding carboxylic acids is 1. The smallest absolute Gasteiger partial charge is 0.256 e. The molecule has 0 spiro atoms. The monoisotopic (exact) mass is 341 g/mol. The molecule has 1 aromatic carbocycles. The first-order chi connectivity index (χ1) is 12.1. The van der Waals surface area contributed by atoms with E-state index in [1.54, 1.807) is 24.3 Å². The van der Waals surface area contributed by atoms with E-state index < -0.39 is 18.4 Å². The molecule has 3 heterocycles. The maximum absolute atomic E-state index is 12.3. The van der Waals surface area contributed by atoms with Crippen LogP contribution in [0.4, 0.5) is 5.82 Å². The predicted molar refractivity (Wildman–Crippen MR) is 86.7 cm³/mol. The van der Waals surface area contributed by atoms with Gasteiger partial charge in [0.05, 0.1) is 12.9 Å². The molecule has 1 saturated heterocycles. The third kappa shape index (κ3) is 2.74. The van der Waals surface area contributed by atoms with Gasteiger partial charge in [0.2, 0.25) is 0 Å². The number of rotatable bonds is 3. The lowest BCUT2D eigenvalue weighted by Crippen LogP contribution is -2.28. The van der Waals surface area contributed by atoms with E-state index in [-0.39, 0.29) is 18.3 Å². The summed E-state index contributed by atoms with van der Waals surface area (Å²) in [4.78, 5) is 24.8. The highest BCUT2D eigenvalue weighted by atomic mass is 16.5. The van der Waals surface area contributed by atoms with E-state index >= 15 is 0 Å². The van der Waals surface area contributed by atoms with Gasteiger partial charge >= 0.3 is 0 Å². The van der Waals surface area contributed by atoms with Crippen molar-refractivity contribution >= 4 is 22.9 Å². The standard InChI is InChI=1S/C16H15N5O4/c22-10-6-25-16(12(10)23)21-8-19-11-13(17-7-18-14(11)21)20-15(24)9-4-2-1-3-5-9/h1-5,7-8,10,12,16,22-23H,6H2,(H,17,18,20,24). The SMILES string of the molecule is O=C(Nc1ncnc2c1ncn2C1OCC(O)C1O)c1ccccc1. The van der Waals surface area contributed by atoms with Crippen LogP contribution in [0.3, 0.4) is 0 Å². The van der Waals surface area contributed by atoms with E-state index in [1.807, 2.05) is 6.07 Å². The molecule has 3 aromatic rings. The van der Waals surface area contributed by atoms with Gasteiger partial charge < -0.3 is 20.3 Å². The highest BCUT2D eigenvalue weighted by Gasteiger charge is 2.37. The fourth-order valence-corrected chi connectivity index (χ4v) is 2.73. The number of aromatic nitrogens is 4. The molecule has 0 aliphatic carbocycles. The van der Waals surface area contributed by atoms with E-state index in [2.05, 4.69) is 20.3 Å². The van der Waals surface area contributed by atoms with Crippen LogP contribution in [0.15, 0.2) is 43.0 Å². The lowest BCUT2D eigenvalue weighted by Gasteiger charge is -2.16. The summed E-state index contributed by atoms with van der Waals surface area (Å²) < 4.78 is 6.91. The van der Waals surface area contributed by atoms with Crippen LogP contribution in [-0.4, -0.2) is 54.5 Å². The maximum Gasteiger partial charge on any atom is 0.256 e. The topological polar surface area (TPSA) is 122 Å². The van der Waals surface area contributed by atoms with Crippen molar-refractivity contribution in [1.29, 1.82) is 0 Å². The molecular weight excluding hydrogens is 326 g/mol. The van der Waals surface area contributed by atoms with Crippen LogP contribution in [0.1, 0.15) is 16.6 Å². The lowest BCUT2D eigenvalue weighted by atomic mass is 10.2. The number of carbonyl (C=O) groups is 1. The van der Waals surface area contributed by atoms with Gasteiger partial charge in [-0.05, 0) is 12.1 Å². The number of anilines is 1. The molecule has 3 atom stereocenters. The number of imidazole rings is 1. The first kappa shape index (κ1) is 15.6. The van der Waals surface area contributed by atoms with Crippen molar-refractivity contribution in [2.45, 2.75) is 18.4 Å². The zero-order chi connectivity index (χ0) is 17.4. The van der Waals surface area contributed by atoms with Crippen molar-refractivity contribution < 1.29 is 19.7 Å². The molecule has 0 bridgehead atoms. The average Bonchev–Trinajstić information content (AvgIpc) is 3.20. The minimum Gasteiger partial charge on any atom is -0.388 e. The van der Waals surface area contributed by atoms with E-state index in [9.17, 15) is 15.0 Å². The molecule has 1 aliphatic rings. The second-order valence-corrected chi connectivity index (χ2v) is 5.65. The van der Waals surface area contributed by atoms with Crippen molar-refractivity contribution in [2.75, 3.05) is 11.9 Å². The summed E-state index contributed by atoms with van der Waals surface area (Å²) in [6, 6.07) is 8.74. The first-order valence-corrected chi connectivity index (χ1v) is 7.67. The average molecular weight is 341 g/mol. The molecule has 9 heteroatoms. The van der Waals surface area contributed by atoms with Crippen LogP contribution < -0.4 is 5.32 Å². The van der Waals surface area contributed by atoms with Crippen LogP contribution in [0.25, 0.3) is 11.2 Å². The summed E-state index contributed by atoms with van der Waals surface area (Å²) in [5, 5.41) is 22.4. The van der Waals surface area contributed by atoms with Crippen LogP contribution >= 0.6 is 0 Å². The fraction of sp³-hybridized carbons (Fsp3) is 0.250. The second kappa shape index (κ2) is 6.20. The molecule has 3 N–H and O–H groups in total. The predicted octanol–water partition coefficient (Wildman–Crippen LogP) is 0.329. The van der Waals surface area contributed by atoms with Crippen LogP contribution in [0.5, 0.6) is 0 Å². The number of hydrogen-bond donors (Lipinski definition) is 3. The van der Waals surface area contributed by atoms with Gasteiger partial charge in [-0.15, -0.1) is 0 Å². The van der Waals surface area contributed by atoms with Crippen molar-refractivity contribution in [2.24, 2.45) is 0 Å². The Kier molecular flexibility index (Phi) is 3.88. The Morgan fingerprint density at radius 1 is 1.20 bits per heavy atom. The van der Waals surface area contributed by atoms with E-state index in [4.69, 9.17) is 4.74 Å². The van der Waals surface area contributed by atoms with Gasteiger partial charge in [-0.1, -0.05) is 18.2 Å². The number of hydrogen-bond acceptors (Lipinski definition) is 7. The Hall–Kier alpha value is -2.88. The number of fused-ring (bicyclic) bond motifs is 1. The molecule has 9 nitrogen and oxygen atoms in total. The van der Waals surface area contributed by atoms with E-state index in [0.717, 1.165) is 0 Å². The highest BCUT2D eigenvalue weighted by Crippen LogP contribution is 2.28. The zero-order valence-electron chi connectivity index (χ0n) is 13.0. The van der Waals surface area contributed by atoms with E-state index in [0.29, 0.717) is 16.7 Å². The van der Waals surface area contributed by atoms with Crippen molar-refractivity contribution in [3.63, 3.8) is 0 Å². The maximum atomic E-state index is 12.3. The Morgan fingerprint density at radius 3 is 2.72 bits per heavy atom. The van der Waals surface area contributed by atoms with Gasteiger partial charge in [-0.3, -0.25) is 9.36 Å². The number of aliphatic hydroxyl groups is 2. The number of nitrogens with zero attached hydrogens (tertiary/aromatic N) is 4. The van der Waals surface area contributed by atoms with Gasteiger partial charge in [0.25, 0.3) is 5.91 Å². The van der Waals surface area contributed by atoms with Gasteiger partial charge in [-0.2, -0.15) is 0 Å². The van der Waals surface area contributed by atoms with Crippen LogP contribution in [0, 0.1) is 0 Å². The summed E-state index contributed by atoms with van der Waals surface area (Å²) in [5.74, 6) is -0.0617. The third-order valence-electron chi connectivity index (χ3n) is 4.02. The molecule has 2 aromatic heterocycles. The van der Waals surface area contributed by atoms with Gasteiger partial charge in [0.15, 0.2) is 23.2 Å². The van der Waals surface area contributed by atoms with Crippen LogP contribution in [0.2, 0.25) is 0 Å². The summed E-state index contributed by atoms with van der Waals surface area (Å²) >= 11 is 0. The molecule has 3 unspecified atom stereocenters. The molecule has 1 amide bonds. The number of aliphatic hydroxyl groups excluding tert-OH is 2. The highest BCUT2D eigenvalue weighted by molar-refractivity contribution is 6.06. The van der Waals surface area contributed by atoms with Crippen molar-refractivity contribution in [3.05, 3.63) is 48.5 Å². The molecule has 1 fully saturated rings. The van der Waals surface area contributed by atoms with Gasteiger partial charge in [-0.25, -0.2) is 15.0 Å². The largest absolute Gasteiger partial charge is 0.388 e. The Morgan fingerprint density at radius 2 is 2.00 bits per heavy atom. The Balaban J connectivity index is 1.67. The van der Waals surface area contributed by atoms with E-state index in [1.165, 1.54) is 17.2 Å². The minimum absolute atomic E-state index is 0.0220. The molecule has 25 heavy (non-hydrogen) atoms. The normalized spacial score (nSPS) is 23.0. The van der Waals surface area contributed by atoms with Gasteiger partial charge in [0, 0.05) is 5.56 Å². The Bertz CT molecular complexity index is 913. The summed E-state index contributed by atoms with van der Waals surface area (Å²) in [7, 11) is 0. The number of amides is 1. The van der Waals surface area contributed by atoms with Gasteiger partial charge in [0.1, 0.15) is 18.5 Å².